The van der Waals surface area contributed by atoms with Gasteiger partial charge in [0, 0.05) is 24.7 Å². The van der Waals surface area contributed by atoms with Crippen LogP contribution in [0.2, 0.25) is 0 Å². The molecular formula is C25H34N2O3. The molecule has 2 aromatic carbocycles. The lowest BCUT2D eigenvalue weighted by atomic mass is 9.88. The molecule has 2 atom stereocenters. The van der Waals surface area contributed by atoms with E-state index in [1.54, 1.807) is 7.11 Å². The van der Waals surface area contributed by atoms with Gasteiger partial charge >= 0.3 is 0 Å². The largest absolute Gasteiger partial charge is 0.493 e. The maximum Gasteiger partial charge on any atom is 0.161 e. The molecule has 2 unspecified atom stereocenters. The van der Waals surface area contributed by atoms with Gasteiger partial charge in [0.15, 0.2) is 17.3 Å². The smallest absolute Gasteiger partial charge is 0.161 e. The lowest BCUT2D eigenvalue weighted by Gasteiger charge is -2.37. The number of para-hydroxylation sites is 3. The van der Waals surface area contributed by atoms with Crippen LogP contribution < -0.4 is 14.8 Å². The number of ether oxygens (including phenoxy) is 2. The molecule has 5 heteroatoms. The summed E-state index contributed by atoms with van der Waals surface area (Å²) < 4.78 is 11.3. The number of carbonyl (C=O) groups is 1. The number of benzene rings is 2. The van der Waals surface area contributed by atoms with Gasteiger partial charge in [0.05, 0.1) is 13.2 Å². The van der Waals surface area contributed by atoms with Crippen molar-refractivity contribution < 1.29 is 14.3 Å². The van der Waals surface area contributed by atoms with Gasteiger partial charge < -0.3 is 14.8 Å². The van der Waals surface area contributed by atoms with E-state index in [2.05, 4.69) is 42.3 Å². The summed E-state index contributed by atoms with van der Waals surface area (Å²) in [4.78, 5) is 15.3. The molecule has 1 aliphatic rings. The minimum atomic E-state index is -0.179. The molecule has 0 bridgehead atoms. The number of methoxy groups -OCH3 is 1. The molecule has 0 fully saturated rings. The molecule has 3 rings (SSSR count). The zero-order valence-corrected chi connectivity index (χ0v) is 18.6. The van der Waals surface area contributed by atoms with Gasteiger partial charge in [-0.25, -0.2) is 0 Å². The van der Waals surface area contributed by atoms with Gasteiger partial charge in [0.25, 0.3) is 0 Å². The molecule has 0 aromatic heterocycles. The van der Waals surface area contributed by atoms with E-state index in [-0.39, 0.29) is 12.1 Å². The predicted molar refractivity (Wildman–Crippen MR) is 122 cm³/mol. The summed E-state index contributed by atoms with van der Waals surface area (Å²) in [5, 5.41) is 3.64. The van der Waals surface area contributed by atoms with Crippen LogP contribution in [0.1, 0.15) is 32.3 Å². The fourth-order valence-electron chi connectivity index (χ4n) is 4.18. The van der Waals surface area contributed by atoms with E-state index in [4.69, 9.17) is 9.47 Å². The number of carbonyl (C=O) groups excluding carboxylic acids is 1. The number of aryl methyl sites for hydroxylation is 1. The molecule has 0 amide bonds. The first kappa shape index (κ1) is 22.2. The van der Waals surface area contributed by atoms with Crippen molar-refractivity contribution in [3.05, 3.63) is 54.1 Å². The van der Waals surface area contributed by atoms with E-state index in [1.807, 2.05) is 37.4 Å². The van der Waals surface area contributed by atoms with Crippen molar-refractivity contribution in [1.82, 2.24) is 4.90 Å². The Balaban J connectivity index is 1.68. The highest BCUT2D eigenvalue weighted by molar-refractivity contribution is 5.85. The zero-order valence-electron chi connectivity index (χ0n) is 18.6. The first-order valence-corrected chi connectivity index (χ1v) is 10.8. The Kier molecular flexibility index (Phi) is 7.75. The standard InChI is InChI=1S/C25H34N2O3/c1-18(2)17-22(28)25(21-14-13-19-9-5-6-10-20(19)26-21)27(3)15-16-30-24-12-8-7-11-23(24)29-4/h5-12,18,21,25-26H,13-17H2,1-4H3. The highest BCUT2D eigenvalue weighted by Crippen LogP contribution is 2.28. The van der Waals surface area contributed by atoms with E-state index in [9.17, 15) is 4.79 Å². The molecule has 1 aliphatic heterocycles. The Morgan fingerprint density at radius 2 is 1.83 bits per heavy atom. The SMILES string of the molecule is COc1ccccc1OCCN(C)C(C(=O)CC(C)C)C1CCc2ccccc2N1. The average Bonchev–Trinajstić information content (AvgIpc) is 2.73. The van der Waals surface area contributed by atoms with Crippen LogP contribution >= 0.6 is 0 Å². The number of nitrogens with one attached hydrogen (secondary N) is 1. The second-order valence-electron chi connectivity index (χ2n) is 8.44. The van der Waals surface area contributed by atoms with Crippen LogP contribution in [-0.2, 0) is 11.2 Å². The number of anilines is 1. The third-order valence-corrected chi connectivity index (χ3v) is 5.65. The molecule has 0 aliphatic carbocycles. The van der Waals surface area contributed by atoms with Gasteiger partial charge in [0.2, 0.25) is 0 Å². The minimum absolute atomic E-state index is 0.0995. The molecule has 0 saturated heterocycles. The predicted octanol–water partition coefficient (Wildman–Crippen LogP) is 4.42. The van der Waals surface area contributed by atoms with Crippen molar-refractivity contribution in [3.8, 4) is 11.5 Å². The van der Waals surface area contributed by atoms with Crippen molar-refractivity contribution in [2.45, 2.75) is 45.2 Å². The number of nitrogens with zero attached hydrogens (tertiary/aromatic N) is 1. The van der Waals surface area contributed by atoms with Crippen LogP contribution in [0, 0.1) is 5.92 Å². The molecule has 0 radical (unpaired) electrons. The van der Waals surface area contributed by atoms with Crippen LogP contribution in [0.25, 0.3) is 0 Å². The Labute approximate surface area is 180 Å². The summed E-state index contributed by atoms with van der Waals surface area (Å²) in [7, 11) is 3.66. The molecule has 30 heavy (non-hydrogen) atoms. The summed E-state index contributed by atoms with van der Waals surface area (Å²) in [6, 6.07) is 15.9. The molecule has 1 N–H and O–H groups in total. The fourth-order valence-corrected chi connectivity index (χ4v) is 4.18. The van der Waals surface area contributed by atoms with Crippen LogP contribution in [0.5, 0.6) is 11.5 Å². The third-order valence-electron chi connectivity index (χ3n) is 5.65. The Morgan fingerprint density at radius 3 is 2.57 bits per heavy atom. The van der Waals surface area contributed by atoms with Gasteiger partial charge in [0.1, 0.15) is 6.61 Å². The minimum Gasteiger partial charge on any atom is -0.493 e. The monoisotopic (exact) mass is 410 g/mol. The second-order valence-corrected chi connectivity index (χ2v) is 8.44. The fraction of sp³-hybridized carbons (Fsp3) is 0.480. The Morgan fingerprint density at radius 1 is 1.13 bits per heavy atom. The highest BCUT2D eigenvalue weighted by Gasteiger charge is 2.33. The van der Waals surface area contributed by atoms with E-state index in [1.165, 1.54) is 5.56 Å². The van der Waals surface area contributed by atoms with E-state index < -0.39 is 0 Å². The Hall–Kier alpha value is -2.53. The van der Waals surface area contributed by atoms with E-state index in [0.717, 1.165) is 30.0 Å². The van der Waals surface area contributed by atoms with Crippen LogP contribution in [0.3, 0.4) is 0 Å². The summed E-state index contributed by atoms with van der Waals surface area (Å²) in [5.74, 6) is 2.08. The van der Waals surface area contributed by atoms with Gasteiger partial charge in [-0.3, -0.25) is 9.69 Å². The first-order chi connectivity index (χ1) is 14.5. The number of ketones is 1. The maximum atomic E-state index is 13.2. The summed E-state index contributed by atoms with van der Waals surface area (Å²) >= 11 is 0. The number of rotatable bonds is 10. The second kappa shape index (κ2) is 10.5. The summed E-state index contributed by atoms with van der Waals surface area (Å²) in [5.41, 5.74) is 2.47. The van der Waals surface area contributed by atoms with Gasteiger partial charge in [-0.2, -0.15) is 0 Å². The van der Waals surface area contributed by atoms with Crippen molar-refractivity contribution >= 4 is 11.5 Å². The lowest BCUT2D eigenvalue weighted by molar-refractivity contribution is -0.125. The van der Waals surface area contributed by atoms with Gasteiger partial charge in [-0.15, -0.1) is 0 Å². The quantitative estimate of drug-likeness (QED) is 0.628. The van der Waals surface area contributed by atoms with Crippen molar-refractivity contribution in [2.24, 2.45) is 5.92 Å². The molecule has 0 saturated carbocycles. The van der Waals surface area contributed by atoms with Crippen molar-refractivity contribution in [2.75, 3.05) is 32.6 Å². The van der Waals surface area contributed by atoms with Gasteiger partial charge in [-0.05, 0) is 49.6 Å². The number of Topliss-reactive ketones (excluding diaryl/α,β-unsaturated/α-hetero) is 1. The molecule has 1 heterocycles. The summed E-state index contributed by atoms with van der Waals surface area (Å²) in [6.45, 7) is 5.35. The number of fused-ring (bicyclic) bond motifs is 1. The molecule has 0 spiro atoms. The average molecular weight is 411 g/mol. The van der Waals surface area contributed by atoms with Crippen LogP contribution in [0.15, 0.2) is 48.5 Å². The Bertz CT molecular complexity index is 837. The maximum absolute atomic E-state index is 13.2. The molecule has 162 valence electrons. The van der Waals surface area contributed by atoms with Crippen molar-refractivity contribution in [3.63, 3.8) is 0 Å². The topological polar surface area (TPSA) is 50.8 Å². The van der Waals surface area contributed by atoms with Crippen LogP contribution in [-0.4, -0.2) is 50.1 Å². The third kappa shape index (κ3) is 5.54. The van der Waals surface area contributed by atoms with Crippen molar-refractivity contribution in [1.29, 1.82) is 0 Å². The van der Waals surface area contributed by atoms with E-state index >= 15 is 0 Å². The highest BCUT2D eigenvalue weighted by atomic mass is 16.5. The number of hydrogen-bond donors (Lipinski definition) is 1. The molecule has 5 nitrogen and oxygen atoms in total. The summed E-state index contributed by atoms with van der Waals surface area (Å²) in [6.07, 6.45) is 2.52. The lowest BCUT2D eigenvalue weighted by Crippen LogP contribution is -2.52. The molecular weight excluding hydrogens is 376 g/mol. The van der Waals surface area contributed by atoms with Crippen LogP contribution in [0.4, 0.5) is 5.69 Å². The van der Waals surface area contributed by atoms with Gasteiger partial charge in [-0.1, -0.05) is 44.2 Å². The van der Waals surface area contributed by atoms with E-state index in [0.29, 0.717) is 31.3 Å². The molecule has 2 aromatic rings. The normalized spacial score (nSPS) is 16.7. The zero-order chi connectivity index (χ0) is 21.5. The number of likely N-dealkylation sites (N-methyl/N-ethyl adjacent to an activating group) is 1. The first-order valence-electron chi connectivity index (χ1n) is 10.8. The number of hydrogen-bond acceptors (Lipinski definition) is 5.